The normalized spacial score (nSPS) is 24.6. The summed E-state index contributed by atoms with van der Waals surface area (Å²) in [6, 6.07) is 0. The maximum Gasteiger partial charge on any atom is 0.258 e. The molecule has 5 heteroatoms. The number of piperidine rings is 1. The number of nitrogens with zero attached hydrogens (tertiary/aromatic N) is 2. The van der Waals surface area contributed by atoms with E-state index in [1.165, 1.54) is 0 Å². The predicted molar refractivity (Wildman–Crippen MR) is 59.3 cm³/mol. The highest BCUT2D eigenvalue weighted by Crippen LogP contribution is 2.37. The molecule has 16 heavy (non-hydrogen) atoms. The van der Waals surface area contributed by atoms with Crippen molar-refractivity contribution in [1.82, 2.24) is 15.3 Å². The number of carbonyl (C=O) groups is 2. The lowest BCUT2D eigenvalue weighted by molar-refractivity contribution is -0.145. The number of rotatable bonds is 2. The van der Waals surface area contributed by atoms with Crippen LogP contribution >= 0.6 is 0 Å². The van der Waals surface area contributed by atoms with Crippen LogP contribution in [-0.2, 0) is 9.59 Å². The molecule has 0 bridgehead atoms. The third kappa shape index (κ3) is 1.34. The quantitative estimate of drug-likeness (QED) is 0.672. The van der Waals surface area contributed by atoms with Gasteiger partial charge in [0.05, 0.1) is 0 Å². The highest BCUT2D eigenvalue weighted by Gasteiger charge is 2.57. The van der Waals surface area contributed by atoms with E-state index < -0.39 is 5.41 Å². The first kappa shape index (κ1) is 11.4. The van der Waals surface area contributed by atoms with E-state index in [0.717, 1.165) is 13.0 Å². The van der Waals surface area contributed by atoms with Crippen molar-refractivity contribution < 1.29 is 9.59 Å². The van der Waals surface area contributed by atoms with Crippen LogP contribution in [0.15, 0.2) is 0 Å². The first-order valence-electron chi connectivity index (χ1n) is 6.02. The zero-order chi connectivity index (χ0) is 11.8. The molecule has 2 aliphatic heterocycles. The molecular weight excluding hydrogens is 206 g/mol. The largest absolute Gasteiger partial charge is 0.315 e. The zero-order valence-electron chi connectivity index (χ0n) is 9.95. The van der Waals surface area contributed by atoms with Crippen LogP contribution in [0.1, 0.15) is 26.7 Å². The fourth-order valence-corrected chi connectivity index (χ4v) is 2.70. The Kier molecular flexibility index (Phi) is 2.88. The van der Waals surface area contributed by atoms with Crippen LogP contribution in [0.3, 0.4) is 0 Å². The molecule has 2 aliphatic rings. The van der Waals surface area contributed by atoms with Crippen molar-refractivity contribution in [3.8, 4) is 0 Å². The number of nitrogens with one attached hydrogen (secondary N) is 1. The van der Waals surface area contributed by atoms with Crippen LogP contribution in [0.5, 0.6) is 0 Å². The predicted octanol–water partition coefficient (Wildman–Crippen LogP) is -0.0182. The van der Waals surface area contributed by atoms with Gasteiger partial charge in [-0.15, -0.1) is 0 Å². The minimum absolute atomic E-state index is 0.0194. The maximum absolute atomic E-state index is 12.3. The van der Waals surface area contributed by atoms with Gasteiger partial charge in [0, 0.05) is 19.6 Å². The third-order valence-corrected chi connectivity index (χ3v) is 3.56. The van der Waals surface area contributed by atoms with Gasteiger partial charge in [0.25, 0.3) is 11.8 Å². The van der Waals surface area contributed by atoms with E-state index in [1.54, 1.807) is 10.0 Å². The fraction of sp³-hybridized carbons (Fsp3) is 0.818. The van der Waals surface area contributed by atoms with Gasteiger partial charge in [0.1, 0.15) is 5.41 Å². The Morgan fingerprint density at radius 2 is 1.75 bits per heavy atom. The van der Waals surface area contributed by atoms with Gasteiger partial charge in [0.2, 0.25) is 0 Å². The van der Waals surface area contributed by atoms with Gasteiger partial charge in [-0.1, -0.05) is 0 Å². The average Bonchev–Trinajstić information content (AvgIpc) is 2.52. The molecule has 0 unspecified atom stereocenters. The molecule has 1 spiro atoms. The lowest BCUT2D eigenvalue weighted by Gasteiger charge is -2.28. The van der Waals surface area contributed by atoms with Crippen molar-refractivity contribution in [2.45, 2.75) is 26.7 Å². The van der Waals surface area contributed by atoms with E-state index in [1.807, 2.05) is 13.8 Å². The summed E-state index contributed by atoms with van der Waals surface area (Å²) in [6.07, 6.45) is 1.58. The molecule has 0 aliphatic carbocycles. The van der Waals surface area contributed by atoms with Crippen LogP contribution in [-0.4, -0.2) is 48.0 Å². The molecular formula is C11H19N3O2. The molecule has 2 amide bonds. The van der Waals surface area contributed by atoms with Crippen molar-refractivity contribution in [3.05, 3.63) is 0 Å². The monoisotopic (exact) mass is 225 g/mol. The Hall–Kier alpha value is -1.10. The third-order valence-electron chi connectivity index (χ3n) is 3.56. The van der Waals surface area contributed by atoms with Crippen LogP contribution in [0.25, 0.3) is 0 Å². The van der Waals surface area contributed by atoms with E-state index in [-0.39, 0.29) is 11.8 Å². The van der Waals surface area contributed by atoms with Crippen LogP contribution in [0.4, 0.5) is 0 Å². The summed E-state index contributed by atoms with van der Waals surface area (Å²) in [5, 5.41) is 6.36. The molecule has 0 saturated carbocycles. The van der Waals surface area contributed by atoms with Crippen LogP contribution in [0, 0.1) is 5.41 Å². The summed E-state index contributed by atoms with van der Waals surface area (Å²) in [5.41, 5.74) is -0.801. The summed E-state index contributed by atoms with van der Waals surface area (Å²) in [6.45, 7) is 6.35. The molecule has 2 heterocycles. The van der Waals surface area contributed by atoms with Crippen LogP contribution in [0.2, 0.25) is 0 Å². The van der Waals surface area contributed by atoms with Crippen molar-refractivity contribution in [1.29, 1.82) is 0 Å². The van der Waals surface area contributed by atoms with Crippen molar-refractivity contribution in [3.63, 3.8) is 0 Å². The van der Waals surface area contributed by atoms with Gasteiger partial charge < -0.3 is 5.32 Å². The van der Waals surface area contributed by atoms with Gasteiger partial charge in [-0.3, -0.25) is 19.6 Å². The van der Waals surface area contributed by atoms with Gasteiger partial charge >= 0.3 is 0 Å². The second-order valence-corrected chi connectivity index (χ2v) is 4.40. The Morgan fingerprint density at radius 1 is 1.19 bits per heavy atom. The number of hydrogen-bond acceptors (Lipinski definition) is 3. The molecule has 0 atom stereocenters. The number of amides is 2. The first-order valence-corrected chi connectivity index (χ1v) is 6.02. The standard InChI is InChI=1S/C11H19N3O2/c1-3-13-9(15)11(6-5-7-12-8-11)10(16)14(13)4-2/h12H,3-8H2,1-2H3. The fourth-order valence-electron chi connectivity index (χ4n) is 2.70. The summed E-state index contributed by atoms with van der Waals surface area (Å²) < 4.78 is 0. The molecule has 2 rings (SSSR count). The van der Waals surface area contributed by atoms with Gasteiger partial charge in [-0.05, 0) is 33.2 Å². The number of carbonyl (C=O) groups excluding carboxylic acids is 2. The van der Waals surface area contributed by atoms with Crippen molar-refractivity contribution in [2.24, 2.45) is 5.41 Å². The average molecular weight is 225 g/mol. The SMILES string of the molecule is CCN1C(=O)C2(CCCNC2)C(=O)N1CC. The summed E-state index contributed by atoms with van der Waals surface area (Å²) in [7, 11) is 0. The molecule has 90 valence electrons. The molecule has 2 saturated heterocycles. The van der Waals surface area contributed by atoms with Crippen molar-refractivity contribution in [2.75, 3.05) is 26.2 Å². The van der Waals surface area contributed by atoms with E-state index in [2.05, 4.69) is 5.32 Å². The zero-order valence-corrected chi connectivity index (χ0v) is 9.95. The summed E-state index contributed by atoms with van der Waals surface area (Å²) in [5.74, 6) is -0.0388. The Labute approximate surface area is 95.7 Å². The van der Waals surface area contributed by atoms with E-state index in [4.69, 9.17) is 0 Å². The van der Waals surface area contributed by atoms with E-state index in [9.17, 15) is 9.59 Å². The molecule has 1 N–H and O–H groups in total. The molecule has 0 aromatic heterocycles. The smallest absolute Gasteiger partial charge is 0.258 e. The highest BCUT2D eigenvalue weighted by atomic mass is 16.2. The number of hydrogen-bond donors (Lipinski definition) is 1. The maximum atomic E-state index is 12.3. The molecule has 5 nitrogen and oxygen atoms in total. The molecule has 0 aromatic rings. The number of hydrazine groups is 1. The lowest BCUT2D eigenvalue weighted by Crippen LogP contribution is -2.49. The lowest BCUT2D eigenvalue weighted by atomic mass is 9.80. The van der Waals surface area contributed by atoms with Gasteiger partial charge in [0.15, 0.2) is 0 Å². The molecule has 0 radical (unpaired) electrons. The molecule has 2 fully saturated rings. The van der Waals surface area contributed by atoms with Crippen LogP contribution < -0.4 is 5.32 Å². The second-order valence-electron chi connectivity index (χ2n) is 4.40. The topological polar surface area (TPSA) is 52.7 Å². The second kappa shape index (κ2) is 4.05. The van der Waals surface area contributed by atoms with Gasteiger partial charge in [-0.2, -0.15) is 0 Å². The summed E-state index contributed by atoms with van der Waals surface area (Å²) in [4.78, 5) is 24.6. The Morgan fingerprint density at radius 3 is 2.12 bits per heavy atom. The Bertz CT molecular complexity index is 286. The first-order chi connectivity index (χ1) is 7.67. The van der Waals surface area contributed by atoms with E-state index >= 15 is 0 Å². The van der Waals surface area contributed by atoms with E-state index in [0.29, 0.717) is 26.1 Å². The van der Waals surface area contributed by atoms with Gasteiger partial charge in [-0.25, -0.2) is 0 Å². The highest BCUT2D eigenvalue weighted by molar-refractivity contribution is 6.10. The minimum atomic E-state index is -0.801. The van der Waals surface area contributed by atoms with Crippen molar-refractivity contribution >= 4 is 11.8 Å². The minimum Gasteiger partial charge on any atom is -0.315 e. The Balaban J connectivity index is 2.32. The molecule has 0 aromatic carbocycles. The summed E-state index contributed by atoms with van der Waals surface area (Å²) >= 11 is 0.